The van der Waals surface area contributed by atoms with E-state index >= 15 is 0 Å². The largest absolute Gasteiger partial charge is 0.490 e. The summed E-state index contributed by atoms with van der Waals surface area (Å²) in [6.45, 7) is 5.99. The van der Waals surface area contributed by atoms with E-state index < -0.39 is 5.97 Å². The fourth-order valence-corrected chi connectivity index (χ4v) is 1.22. The van der Waals surface area contributed by atoms with Crippen LogP contribution in [0.15, 0.2) is 23.0 Å². The van der Waals surface area contributed by atoms with Crippen molar-refractivity contribution in [2.75, 3.05) is 14.2 Å². The number of carbonyl (C=O) groups excluding carboxylic acids is 1. The molecule has 0 rings (SSSR count). The van der Waals surface area contributed by atoms with Crippen molar-refractivity contribution in [3.63, 3.8) is 0 Å². The predicted molar refractivity (Wildman–Crippen MR) is 60.4 cm³/mol. The van der Waals surface area contributed by atoms with E-state index in [1.807, 2.05) is 6.92 Å². The van der Waals surface area contributed by atoms with E-state index in [2.05, 4.69) is 24.7 Å². The second-order valence-electron chi connectivity index (χ2n) is 3.63. The number of rotatable bonds is 5. The van der Waals surface area contributed by atoms with E-state index in [4.69, 9.17) is 4.74 Å². The van der Waals surface area contributed by atoms with Crippen LogP contribution in [-0.2, 0) is 14.3 Å². The summed E-state index contributed by atoms with van der Waals surface area (Å²) < 4.78 is 9.62. The highest BCUT2D eigenvalue weighted by atomic mass is 16.6. The molecule has 0 aromatic heterocycles. The zero-order valence-corrected chi connectivity index (χ0v) is 10.2. The third-order valence-electron chi connectivity index (χ3n) is 2.03. The van der Waals surface area contributed by atoms with Crippen molar-refractivity contribution in [1.29, 1.82) is 0 Å². The first kappa shape index (κ1) is 13.8. The molecule has 0 saturated heterocycles. The first-order valence-corrected chi connectivity index (χ1v) is 4.98. The SMILES string of the molecule is COC(=O)/C(OC)=C(/C)CCC=C(C)C. The smallest absolute Gasteiger partial charge is 0.373 e. The quantitative estimate of drug-likeness (QED) is 0.304. The summed E-state index contributed by atoms with van der Waals surface area (Å²) >= 11 is 0. The molecule has 0 fully saturated rings. The maximum absolute atomic E-state index is 11.3. The Labute approximate surface area is 91.8 Å². The molecular weight excluding hydrogens is 192 g/mol. The van der Waals surface area contributed by atoms with Crippen LogP contribution in [0, 0.1) is 0 Å². The molecule has 15 heavy (non-hydrogen) atoms. The zero-order chi connectivity index (χ0) is 11.8. The van der Waals surface area contributed by atoms with E-state index in [1.54, 1.807) is 0 Å². The normalized spacial score (nSPS) is 11.5. The van der Waals surface area contributed by atoms with E-state index in [0.29, 0.717) is 5.76 Å². The fraction of sp³-hybridized carbons (Fsp3) is 0.583. The van der Waals surface area contributed by atoms with Crippen LogP contribution >= 0.6 is 0 Å². The van der Waals surface area contributed by atoms with Gasteiger partial charge in [-0.3, -0.25) is 0 Å². The molecule has 0 aliphatic heterocycles. The van der Waals surface area contributed by atoms with Crippen LogP contribution in [0.3, 0.4) is 0 Å². The van der Waals surface area contributed by atoms with Crippen LogP contribution in [0.2, 0.25) is 0 Å². The Morgan fingerprint density at radius 1 is 1.13 bits per heavy atom. The Balaban J connectivity index is 4.46. The monoisotopic (exact) mass is 212 g/mol. The average Bonchev–Trinajstić information content (AvgIpc) is 2.18. The zero-order valence-electron chi connectivity index (χ0n) is 10.2. The number of hydrogen-bond acceptors (Lipinski definition) is 3. The van der Waals surface area contributed by atoms with Crippen molar-refractivity contribution in [2.24, 2.45) is 0 Å². The second kappa shape index (κ2) is 7.10. The first-order valence-electron chi connectivity index (χ1n) is 4.98. The second-order valence-corrected chi connectivity index (χ2v) is 3.63. The molecule has 0 saturated carbocycles. The minimum atomic E-state index is -0.410. The van der Waals surface area contributed by atoms with Gasteiger partial charge in [0.1, 0.15) is 0 Å². The van der Waals surface area contributed by atoms with Crippen LogP contribution in [0.4, 0.5) is 0 Å². The van der Waals surface area contributed by atoms with E-state index in [1.165, 1.54) is 19.8 Å². The molecule has 0 radical (unpaired) electrons. The predicted octanol–water partition coefficient (Wildman–Crippen LogP) is 2.83. The molecule has 0 aliphatic carbocycles. The summed E-state index contributed by atoms with van der Waals surface area (Å²) in [7, 11) is 2.83. The molecule has 0 aliphatic rings. The van der Waals surface area contributed by atoms with Gasteiger partial charge in [0.25, 0.3) is 0 Å². The summed E-state index contributed by atoms with van der Waals surface area (Å²) in [4.78, 5) is 11.3. The van der Waals surface area contributed by atoms with Crippen LogP contribution in [0.1, 0.15) is 33.6 Å². The number of allylic oxidation sites excluding steroid dienone is 3. The highest BCUT2D eigenvalue weighted by Gasteiger charge is 2.12. The first-order chi connectivity index (χ1) is 7.02. The molecule has 0 aromatic rings. The maximum atomic E-state index is 11.3. The third-order valence-corrected chi connectivity index (χ3v) is 2.03. The maximum Gasteiger partial charge on any atom is 0.373 e. The minimum absolute atomic E-state index is 0.319. The summed E-state index contributed by atoms with van der Waals surface area (Å²) in [6, 6.07) is 0. The van der Waals surface area contributed by atoms with Gasteiger partial charge < -0.3 is 9.47 Å². The van der Waals surface area contributed by atoms with Crippen LogP contribution < -0.4 is 0 Å². The van der Waals surface area contributed by atoms with E-state index in [-0.39, 0.29) is 0 Å². The van der Waals surface area contributed by atoms with Gasteiger partial charge in [-0.05, 0) is 39.2 Å². The molecule has 3 nitrogen and oxygen atoms in total. The Bertz CT molecular complexity index is 271. The highest BCUT2D eigenvalue weighted by Crippen LogP contribution is 2.13. The van der Waals surface area contributed by atoms with Gasteiger partial charge in [0, 0.05) is 0 Å². The van der Waals surface area contributed by atoms with Gasteiger partial charge in [-0.2, -0.15) is 0 Å². The van der Waals surface area contributed by atoms with Crippen molar-refractivity contribution in [3.05, 3.63) is 23.0 Å². The summed E-state index contributed by atoms with van der Waals surface area (Å²) in [6.07, 6.45) is 3.86. The van der Waals surface area contributed by atoms with Gasteiger partial charge in [0.2, 0.25) is 5.76 Å². The van der Waals surface area contributed by atoms with Gasteiger partial charge in [0.05, 0.1) is 14.2 Å². The average molecular weight is 212 g/mol. The number of esters is 1. The Hall–Kier alpha value is -1.25. The Kier molecular flexibility index (Phi) is 6.50. The molecule has 0 atom stereocenters. The van der Waals surface area contributed by atoms with Crippen molar-refractivity contribution in [1.82, 2.24) is 0 Å². The Morgan fingerprint density at radius 3 is 2.13 bits per heavy atom. The standard InChI is InChI=1S/C12H20O3/c1-9(2)7-6-8-10(3)11(14-4)12(13)15-5/h7H,6,8H2,1-5H3/b11-10+. The summed E-state index contributed by atoms with van der Waals surface area (Å²) in [5.74, 6) is -0.0909. The van der Waals surface area contributed by atoms with Crippen molar-refractivity contribution in [3.8, 4) is 0 Å². The fourth-order valence-electron chi connectivity index (χ4n) is 1.22. The molecular formula is C12H20O3. The van der Waals surface area contributed by atoms with Gasteiger partial charge in [-0.1, -0.05) is 11.6 Å². The molecule has 0 bridgehead atoms. The number of carbonyl (C=O) groups is 1. The third kappa shape index (κ3) is 5.25. The molecule has 3 heteroatoms. The number of methoxy groups -OCH3 is 2. The number of hydrogen-bond donors (Lipinski definition) is 0. The van der Waals surface area contributed by atoms with Gasteiger partial charge in [-0.15, -0.1) is 0 Å². The lowest BCUT2D eigenvalue weighted by Gasteiger charge is -2.07. The molecule has 0 N–H and O–H groups in total. The van der Waals surface area contributed by atoms with Crippen LogP contribution in [-0.4, -0.2) is 20.2 Å². The molecule has 86 valence electrons. The van der Waals surface area contributed by atoms with Crippen molar-refractivity contribution in [2.45, 2.75) is 33.6 Å². The summed E-state index contributed by atoms with van der Waals surface area (Å²) in [5, 5.41) is 0. The van der Waals surface area contributed by atoms with Gasteiger partial charge in [0.15, 0.2) is 0 Å². The van der Waals surface area contributed by atoms with Crippen molar-refractivity contribution >= 4 is 5.97 Å². The molecule has 0 unspecified atom stereocenters. The van der Waals surface area contributed by atoms with Crippen LogP contribution in [0.25, 0.3) is 0 Å². The van der Waals surface area contributed by atoms with Gasteiger partial charge in [-0.25, -0.2) is 4.79 Å². The molecule has 0 spiro atoms. The van der Waals surface area contributed by atoms with E-state index in [9.17, 15) is 4.79 Å². The van der Waals surface area contributed by atoms with Crippen LogP contribution in [0.5, 0.6) is 0 Å². The Morgan fingerprint density at radius 2 is 1.73 bits per heavy atom. The van der Waals surface area contributed by atoms with Crippen molar-refractivity contribution < 1.29 is 14.3 Å². The molecule has 0 aromatic carbocycles. The summed E-state index contributed by atoms with van der Waals surface area (Å²) in [5.41, 5.74) is 2.20. The lowest BCUT2D eigenvalue weighted by molar-refractivity contribution is -0.139. The number of ether oxygens (including phenoxy) is 2. The highest BCUT2D eigenvalue weighted by molar-refractivity contribution is 5.86. The lowest BCUT2D eigenvalue weighted by Crippen LogP contribution is -2.08. The topological polar surface area (TPSA) is 35.5 Å². The van der Waals surface area contributed by atoms with Gasteiger partial charge >= 0.3 is 5.97 Å². The lowest BCUT2D eigenvalue weighted by atomic mass is 10.1. The minimum Gasteiger partial charge on any atom is -0.490 e. The van der Waals surface area contributed by atoms with E-state index in [0.717, 1.165) is 18.4 Å². The molecule has 0 heterocycles. The molecule has 0 amide bonds.